The van der Waals surface area contributed by atoms with Crippen LogP contribution in [0.5, 0.6) is 0 Å². The molecule has 0 spiro atoms. The minimum Gasteiger partial charge on any atom is -0.399 e. The van der Waals surface area contributed by atoms with Gasteiger partial charge in [0, 0.05) is 18.0 Å². The summed E-state index contributed by atoms with van der Waals surface area (Å²) >= 11 is 0. The van der Waals surface area contributed by atoms with Crippen molar-refractivity contribution in [1.82, 2.24) is 9.97 Å². The molecule has 27 heavy (non-hydrogen) atoms. The third-order valence-corrected chi connectivity index (χ3v) is 4.36. The Morgan fingerprint density at radius 1 is 1.22 bits per heavy atom. The van der Waals surface area contributed by atoms with Crippen LogP contribution in [-0.4, -0.2) is 22.5 Å². The highest BCUT2D eigenvalue weighted by Gasteiger charge is 2.21. The van der Waals surface area contributed by atoms with E-state index in [0.29, 0.717) is 12.1 Å². The number of anilines is 2. The molecule has 3 aromatic rings. The Kier molecular flexibility index (Phi) is 7.07. The number of carbonyl (C=O) groups is 1. The zero-order valence-corrected chi connectivity index (χ0v) is 16.2. The minimum absolute atomic E-state index is 0. The second-order valence-corrected chi connectivity index (χ2v) is 6.32. The minimum atomic E-state index is -0.0667. The highest BCUT2D eigenvalue weighted by molar-refractivity contribution is 5.94. The van der Waals surface area contributed by atoms with Crippen molar-refractivity contribution in [3.8, 4) is 0 Å². The normalized spacial score (nSPS) is 15.8. The second kappa shape index (κ2) is 9.08. The number of halogens is 2. The lowest BCUT2D eigenvalue weighted by atomic mass is 10.1. The first-order valence-corrected chi connectivity index (χ1v) is 8.43. The first-order chi connectivity index (χ1) is 12.2. The molecule has 2 heterocycles. The van der Waals surface area contributed by atoms with E-state index in [1.165, 1.54) is 0 Å². The number of aromatic nitrogens is 2. The standard InChI is InChI=1S/C19H20N4O2.2ClH/c20-13-5-3-12(4-6-13)10-18(24)21-14-7-8-15-16(11-14)23-19(22-15)17-2-1-9-25-17;;/h3-8,11,17H,1-2,9-10,20H2,(H,21,24)(H,22,23);2*1H. The number of nitrogens with one attached hydrogen (secondary N) is 2. The summed E-state index contributed by atoms with van der Waals surface area (Å²) in [4.78, 5) is 20.1. The van der Waals surface area contributed by atoms with Crippen LogP contribution in [0.1, 0.15) is 30.3 Å². The van der Waals surface area contributed by atoms with Gasteiger partial charge in [-0.15, -0.1) is 24.8 Å². The first kappa shape index (κ1) is 21.0. The molecular weight excluding hydrogens is 387 g/mol. The molecule has 1 aromatic heterocycles. The molecule has 4 rings (SSSR count). The highest BCUT2D eigenvalue weighted by Crippen LogP contribution is 2.28. The number of fused-ring (bicyclic) bond motifs is 1. The molecule has 1 fully saturated rings. The number of imidazole rings is 1. The summed E-state index contributed by atoms with van der Waals surface area (Å²) in [5.74, 6) is 0.792. The van der Waals surface area contributed by atoms with Crippen molar-refractivity contribution >= 4 is 53.1 Å². The van der Waals surface area contributed by atoms with E-state index >= 15 is 0 Å². The average Bonchev–Trinajstić information content (AvgIpc) is 3.25. The fraction of sp³-hybridized carbons (Fsp3) is 0.263. The molecule has 4 N–H and O–H groups in total. The number of rotatable bonds is 4. The van der Waals surface area contributed by atoms with Gasteiger partial charge >= 0.3 is 0 Å². The second-order valence-electron chi connectivity index (χ2n) is 6.32. The van der Waals surface area contributed by atoms with Crippen LogP contribution in [0.4, 0.5) is 11.4 Å². The van der Waals surface area contributed by atoms with Gasteiger partial charge in [0.25, 0.3) is 0 Å². The fourth-order valence-electron chi connectivity index (χ4n) is 3.08. The topological polar surface area (TPSA) is 93.0 Å². The summed E-state index contributed by atoms with van der Waals surface area (Å²) < 4.78 is 5.67. The smallest absolute Gasteiger partial charge is 0.228 e. The summed E-state index contributed by atoms with van der Waals surface area (Å²) in [5, 5.41) is 2.93. The van der Waals surface area contributed by atoms with Crippen molar-refractivity contribution < 1.29 is 9.53 Å². The maximum Gasteiger partial charge on any atom is 0.228 e. The number of aromatic amines is 1. The van der Waals surface area contributed by atoms with Crippen molar-refractivity contribution in [1.29, 1.82) is 0 Å². The molecule has 1 unspecified atom stereocenters. The molecule has 1 saturated heterocycles. The van der Waals surface area contributed by atoms with E-state index < -0.39 is 0 Å². The van der Waals surface area contributed by atoms with Crippen LogP contribution < -0.4 is 11.1 Å². The summed E-state index contributed by atoms with van der Waals surface area (Å²) in [7, 11) is 0. The fourth-order valence-corrected chi connectivity index (χ4v) is 3.08. The Labute approximate surface area is 169 Å². The summed E-state index contributed by atoms with van der Waals surface area (Å²) in [6, 6.07) is 13.0. The molecule has 1 amide bonds. The number of benzene rings is 2. The van der Waals surface area contributed by atoms with Crippen molar-refractivity contribution in [3.63, 3.8) is 0 Å². The number of carbonyl (C=O) groups excluding carboxylic acids is 1. The summed E-state index contributed by atoms with van der Waals surface area (Å²) in [5.41, 5.74) is 9.80. The third-order valence-electron chi connectivity index (χ3n) is 4.36. The molecule has 144 valence electrons. The zero-order chi connectivity index (χ0) is 17.2. The largest absolute Gasteiger partial charge is 0.399 e. The number of nitrogens with two attached hydrogens (primary N) is 1. The Balaban J connectivity index is 0.00000131. The number of H-pyrrole nitrogens is 1. The lowest BCUT2D eigenvalue weighted by Crippen LogP contribution is -2.14. The summed E-state index contributed by atoms with van der Waals surface area (Å²) in [6.45, 7) is 0.786. The number of nitrogen functional groups attached to an aromatic ring is 1. The van der Waals surface area contributed by atoms with E-state index in [1.807, 2.05) is 30.3 Å². The van der Waals surface area contributed by atoms with Crippen molar-refractivity contribution in [2.45, 2.75) is 25.4 Å². The number of hydrogen-bond donors (Lipinski definition) is 3. The van der Waals surface area contributed by atoms with E-state index in [2.05, 4.69) is 15.3 Å². The number of amides is 1. The number of ether oxygens (including phenoxy) is 1. The predicted octanol–water partition coefficient (Wildman–Crippen LogP) is 4.02. The van der Waals surface area contributed by atoms with Crippen LogP contribution in [-0.2, 0) is 16.0 Å². The van der Waals surface area contributed by atoms with E-state index in [0.717, 1.165) is 47.6 Å². The van der Waals surface area contributed by atoms with Crippen LogP contribution in [0.15, 0.2) is 42.5 Å². The maximum atomic E-state index is 12.2. The van der Waals surface area contributed by atoms with Crippen LogP contribution >= 0.6 is 24.8 Å². The van der Waals surface area contributed by atoms with Gasteiger partial charge < -0.3 is 20.8 Å². The van der Waals surface area contributed by atoms with Gasteiger partial charge in [-0.25, -0.2) is 4.98 Å². The van der Waals surface area contributed by atoms with Gasteiger partial charge in [0.1, 0.15) is 11.9 Å². The molecule has 2 aromatic carbocycles. The van der Waals surface area contributed by atoms with Crippen LogP contribution in [0.2, 0.25) is 0 Å². The van der Waals surface area contributed by atoms with E-state index in [-0.39, 0.29) is 36.8 Å². The number of hydrogen-bond acceptors (Lipinski definition) is 4. The highest BCUT2D eigenvalue weighted by atomic mass is 35.5. The lowest BCUT2D eigenvalue weighted by Gasteiger charge is -2.06. The molecule has 0 saturated carbocycles. The molecule has 0 radical (unpaired) electrons. The first-order valence-electron chi connectivity index (χ1n) is 8.43. The Bertz CT molecular complexity index is 906. The molecule has 8 heteroatoms. The Hall–Kier alpha value is -2.28. The van der Waals surface area contributed by atoms with Gasteiger partial charge in [-0.3, -0.25) is 4.79 Å². The number of nitrogens with zero attached hydrogens (tertiary/aromatic N) is 1. The molecule has 1 atom stereocenters. The summed E-state index contributed by atoms with van der Waals surface area (Å²) in [6.07, 6.45) is 2.41. The maximum absolute atomic E-state index is 12.2. The van der Waals surface area contributed by atoms with Gasteiger partial charge in [0.15, 0.2) is 0 Å². The monoisotopic (exact) mass is 408 g/mol. The van der Waals surface area contributed by atoms with Gasteiger partial charge in [-0.05, 0) is 48.7 Å². The lowest BCUT2D eigenvalue weighted by molar-refractivity contribution is -0.115. The van der Waals surface area contributed by atoms with E-state index in [4.69, 9.17) is 10.5 Å². The Morgan fingerprint density at radius 3 is 2.70 bits per heavy atom. The molecule has 1 aliphatic rings. The zero-order valence-electron chi connectivity index (χ0n) is 14.6. The van der Waals surface area contributed by atoms with Gasteiger partial charge in [0.2, 0.25) is 5.91 Å². The van der Waals surface area contributed by atoms with Crippen LogP contribution in [0.25, 0.3) is 11.0 Å². The molecule has 1 aliphatic heterocycles. The third kappa shape index (κ3) is 4.91. The quantitative estimate of drug-likeness (QED) is 0.568. The van der Waals surface area contributed by atoms with Crippen LogP contribution in [0, 0.1) is 0 Å². The predicted molar refractivity (Wildman–Crippen MR) is 112 cm³/mol. The van der Waals surface area contributed by atoms with Crippen molar-refractivity contribution in [3.05, 3.63) is 53.9 Å². The molecule has 6 nitrogen and oxygen atoms in total. The van der Waals surface area contributed by atoms with E-state index in [9.17, 15) is 4.79 Å². The van der Waals surface area contributed by atoms with Crippen molar-refractivity contribution in [2.75, 3.05) is 17.7 Å². The SMILES string of the molecule is Cl.Cl.Nc1ccc(CC(=O)Nc2ccc3nc(C4CCCO4)[nH]c3c2)cc1. The average molecular weight is 409 g/mol. The van der Waals surface area contributed by atoms with Gasteiger partial charge in [-0.1, -0.05) is 12.1 Å². The van der Waals surface area contributed by atoms with Crippen LogP contribution in [0.3, 0.4) is 0 Å². The molecule has 0 bridgehead atoms. The molecular formula is C19H22Cl2N4O2. The van der Waals surface area contributed by atoms with E-state index in [1.54, 1.807) is 12.1 Å². The van der Waals surface area contributed by atoms with Gasteiger partial charge in [0.05, 0.1) is 17.5 Å². The van der Waals surface area contributed by atoms with Crippen molar-refractivity contribution in [2.24, 2.45) is 0 Å². The van der Waals surface area contributed by atoms with Gasteiger partial charge in [-0.2, -0.15) is 0 Å². The molecule has 0 aliphatic carbocycles. The Morgan fingerprint density at radius 2 is 2.00 bits per heavy atom.